The van der Waals surface area contributed by atoms with Gasteiger partial charge in [-0.05, 0) is 54.4 Å². The Bertz CT molecular complexity index is 669. The zero-order chi connectivity index (χ0) is 15.4. The lowest BCUT2D eigenvalue weighted by atomic mass is 9.62. The first-order valence-electron chi connectivity index (χ1n) is 7.54. The summed E-state index contributed by atoms with van der Waals surface area (Å²) in [5, 5.41) is 12.5. The van der Waals surface area contributed by atoms with Crippen LogP contribution < -0.4 is 5.32 Å². The maximum atomic E-state index is 12.7. The van der Waals surface area contributed by atoms with Gasteiger partial charge >= 0.3 is 5.97 Å². The number of rotatable bonds is 3. The van der Waals surface area contributed by atoms with Crippen molar-refractivity contribution < 1.29 is 14.7 Å². The maximum Gasteiger partial charge on any atom is 0.307 e. The Hall–Kier alpha value is -1.62. The lowest BCUT2D eigenvalue weighted by Crippen LogP contribution is -2.48. The van der Waals surface area contributed by atoms with Crippen molar-refractivity contribution in [2.24, 2.45) is 35.5 Å². The van der Waals surface area contributed by atoms with Gasteiger partial charge in [0.1, 0.15) is 0 Å². The summed E-state index contributed by atoms with van der Waals surface area (Å²) >= 11 is 3.36. The number of carboxylic acids is 1. The van der Waals surface area contributed by atoms with Crippen LogP contribution in [0.5, 0.6) is 0 Å². The minimum absolute atomic E-state index is 0.0215. The van der Waals surface area contributed by atoms with E-state index < -0.39 is 17.8 Å². The van der Waals surface area contributed by atoms with E-state index in [1.807, 2.05) is 30.3 Å². The van der Waals surface area contributed by atoms with E-state index in [2.05, 4.69) is 27.3 Å². The number of hydrogen-bond donors (Lipinski definition) is 2. The second-order valence-corrected chi connectivity index (χ2v) is 7.40. The molecule has 114 valence electrons. The summed E-state index contributed by atoms with van der Waals surface area (Å²) in [4.78, 5) is 24.4. The molecule has 0 radical (unpaired) electrons. The average molecular weight is 362 g/mol. The Balaban J connectivity index is 1.60. The fourth-order valence-electron chi connectivity index (χ4n) is 4.33. The molecule has 4 aliphatic rings. The first kappa shape index (κ1) is 14.0. The minimum Gasteiger partial charge on any atom is -0.481 e. The third kappa shape index (κ3) is 2.10. The van der Waals surface area contributed by atoms with Gasteiger partial charge in [-0.1, -0.05) is 28.1 Å². The molecule has 2 N–H and O–H groups in total. The SMILES string of the molecule is O=C(O)[C@@H]1[C@H]2C=C[C@@H]([C@@H]3C[C@@H]23)[C@H]1C(=O)Nc1ccc(Br)cc1. The van der Waals surface area contributed by atoms with Crippen LogP contribution in [0.15, 0.2) is 40.9 Å². The van der Waals surface area contributed by atoms with Crippen molar-refractivity contribution in [1.82, 2.24) is 0 Å². The molecule has 1 aromatic rings. The number of fused-ring (bicyclic) bond motifs is 1. The molecule has 2 fully saturated rings. The van der Waals surface area contributed by atoms with Crippen molar-refractivity contribution in [2.45, 2.75) is 6.42 Å². The Morgan fingerprint density at radius 3 is 2.23 bits per heavy atom. The summed E-state index contributed by atoms with van der Waals surface area (Å²) in [6.45, 7) is 0. The van der Waals surface area contributed by atoms with Crippen molar-refractivity contribution in [1.29, 1.82) is 0 Å². The highest BCUT2D eigenvalue weighted by atomic mass is 79.9. The van der Waals surface area contributed by atoms with Crippen LogP contribution in [0.3, 0.4) is 0 Å². The molecule has 1 amide bonds. The zero-order valence-electron chi connectivity index (χ0n) is 11.8. The first-order chi connectivity index (χ1) is 10.6. The molecule has 6 atom stereocenters. The standard InChI is InChI=1S/C17H16BrNO3/c18-8-1-3-9(4-2-8)19-16(20)14-10-5-6-11(13-7-12(10)13)15(14)17(21)22/h1-6,10-15H,7H2,(H,19,20)(H,21,22)/t10-,11-,12-,13-,14+,15+/m0/s1. The van der Waals surface area contributed by atoms with Crippen LogP contribution in [-0.2, 0) is 9.59 Å². The van der Waals surface area contributed by atoms with Crippen molar-refractivity contribution >= 4 is 33.5 Å². The first-order valence-corrected chi connectivity index (χ1v) is 8.33. The quantitative estimate of drug-likeness (QED) is 0.812. The number of benzene rings is 1. The summed E-state index contributed by atoms with van der Waals surface area (Å²) < 4.78 is 0.939. The summed E-state index contributed by atoms with van der Waals surface area (Å²) in [5.74, 6) is -0.979. The molecular weight excluding hydrogens is 346 g/mol. The Morgan fingerprint density at radius 1 is 1.05 bits per heavy atom. The van der Waals surface area contributed by atoms with Gasteiger partial charge in [0.05, 0.1) is 11.8 Å². The molecule has 2 bridgehead atoms. The number of carboxylic acid groups (broad SMARTS) is 1. The highest BCUT2D eigenvalue weighted by molar-refractivity contribution is 9.10. The van der Waals surface area contributed by atoms with Crippen LogP contribution in [0.4, 0.5) is 5.69 Å². The highest BCUT2D eigenvalue weighted by Crippen LogP contribution is 2.63. The molecule has 5 rings (SSSR count). The van der Waals surface area contributed by atoms with Crippen LogP contribution in [-0.4, -0.2) is 17.0 Å². The average Bonchev–Trinajstić information content (AvgIpc) is 3.30. The molecule has 0 heterocycles. The van der Waals surface area contributed by atoms with E-state index in [1.165, 1.54) is 0 Å². The van der Waals surface area contributed by atoms with Gasteiger partial charge in [0.25, 0.3) is 0 Å². The van der Waals surface area contributed by atoms with Gasteiger partial charge < -0.3 is 10.4 Å². The second-order valence-electron chi connectivity index (χ2n) is 6.49. The fraction of sp³-hybridized carbons (Fsp3) is 0.412. The van der Waals surface area contributed by atoms with Crippen LogP contribution in [0.2, 0.25) is 0 Å². The number of hydrogen-bond acceptors (Lipinski definition) is 2. The van der Waals surface area contributed by atoms with Crippen molar-refractivity contribution in [3.63, 3.8) is 0 Å². The molecule has 1 aromatic carbocycles. The monoisotopic (exact) mass is 361 g/mol. The van der Waals surface area contributed by atoms with Gasteiger partial charge in [0, 0.05) is 10.2 Å². The smallest absolute Gasteiger partial charge is 0.307 e. The van der Waals surface area contributed by atoms with E-state index >= 15 is 0 Å². The van der Waals surface area contributed by atoms with E-state index in [0.717, 1.165) is 10.9 Å². The summed E-state index contributed by atoms with van der Waals surface area (Å²) in [7, 11) is 0. The molecule has 2 saturated carbocycles. The minimum atomic E-state index is -0.847. The number of anilines is 1. The molecule has 4 nitrogen and oxygen atoms in total. The predicted molar refractivity (Wildman–Crippen MR) is 85.1 cm³/mol. The topological polar surface area (TPSA) is 66.4 Å². The number of nitrogens with one attached hydrogen (secondary N) is 1. The van der Waals surface area contributed by atoms with Gasteiger partial charge in [-0.3, -0.25) is 9.59 Å². The van der Waals surface area contributed by atoms with E-state index in [0.29, 0.717) is 17.5 Å². The summed E-state index contributed by atoms with van der Waals surface area (Å²) in [6.07, 6.45) is 5.17. The Labute approximate surface area is 136 Å². The van der Waals surface area contributed by atoms with Crippen molar-refractivity contribution in [3.8, 4) is 0 Å². The van der Waals surface area contributed by atoms with Gasteiger partial charge in [-0.15, -0.1) is 0 Å². The number of allylic oxidation sites excluding steroid dienone is 2. The van der Waals surface area contributed by atoms with Crippen molar-refractivity contribution in [3.05, 3.63) is 40.9 Å². The lowest BCUT2D eigenvalue weighted by molar-refractivity contribution is -0.152. The Morgan fingerprint density at radius 2 is 1.64 bits per heavy atom. The number of carbonyl (C=O) groups excluding carboxylic acids is 1. The number of halogens is 1. The summed E-state index contributed by atoms with van der Waals surface area (Å²) in [6, 6.07) is 7.34. The Kier molecular flexibility index (Phi) is 3.15. The van der Waals surface area contributed by atoms with Gasteiger partial charge in [0.2, 0.25) is 5.91 Å². The van der Waals surface area contributed by atoms with Crippen LogP contribution in [0.25, 0.3) is 0 Å². The molecule has 0 aliphatic heterocycles. The largest absolute Gasteiger partial charge is 0.481 e. The fourth-order valence-corrected chi connectivity index (χ4v) is 4.59. The third-order valence-corrected chi connectivity index (χ3v) is 5.88. The lowest BCUT2D eigenvalue weighted by Gasteiger charge is -2.41. The van der Waals surface area contributed by atoms with E-state index in [9.17, 15) is 14.7 Å². The van der Waals surface area contributed by atoms with E-state index in [-0.39, 0.29) is 17.7 Å². The van der Waals surface area contributed by atoms with Crippen molar-refractivity contribution in [2.75, 3.05) is 5.32 Å². The molecule has 0 saturated heterocycles. The molecule has 0 unspecified atom stereocenters. The molecule has 0 spiro atoms. The predicted octanol–water partition coefficient (Wildman–Crippen LogP) is 3.16. The molecule has 0 aromatic heterocycles. The van der Waals surface area contributed by atoms with Crippen LogP contribution in [0, 0.1) is 35.5 Å². The van der Waals surface area contributed by atoms with E-state index in [1.54, 1.807) is 0 Å². The van der Waals surface area contributed by atoms with Gasteiger partial charge in [-0.25, -0.2) is 0 Å². The van der Waals surface area contributed by atoms with Gasteiger partial charge in [-0.2, -0.15) is 0 Å². The maximum absolute atomic E-state index is 12.7. The highest BCUT2D eigenvalue weighted by Gasteiger charge is 2.62. The number of carbonyl (C=O) groups is 2. The third-order valence-electron chi connectivity index (χ3n) is 5.35. The van der Waals surface area contributed by atoms with Gasteiger partial charge in [0.15, 0.2) is 0 Å². The number of aliphatic carboxylic acids is 1. The number of amides is 1. The second kappa shape index (κ2) is 4.95. The molecular formula is C17H16BrNO3. The van der Waals surface area contributed by atoms with E-state index in [4.69, 9.17) is 0 Å². The zero-order valence-corrected chi connectivity index (χ0v) is 13.4. The molecule has 22 heavy (non-hydrogen) atoms. The molecule has 4 aliphatic carbocycles. The molecule has 5 heteroatoms. The van der Waals surface area contributed by atoms with Crippen LogP contribution >= 0.6 is 15.9 Å². The summed E-state index contributed by atoms with van der Waals surface area (Å²) in [5.41, 5.74) is 0.704. The van der Waals surface area contributed by atoms with Crippen LogP contribution in [0.1, 0.15) is 6.42 Å². The normalized spacial score (nSPS) is 37.5.